The fraction of sp³-hybridized carbons (Fsp3) is 0.442. The van der Waals surface area contributed by atoms with Gasteiger partial charge in [-0.3, -0.25) is 19.9 Å². The van der Waals surface area contributed by atoms with Gasteiger partial charge in [0.25, 0.3) is 0 Å². The van der Waals surface area contributed by atoms with Crippen LogP contribution in [0.4, 0.5) is 4.79 Å². The third-order valence-corrected chi connectivity index (χ3v) is 11.3. The van der Waals surface area contributed by atoms with E-state index in [1.165, 1.54) is 14.2 Å². The van der Waals surface area contributed by atoms with Crippen molar-refractivity contribution in [2.24, 2.45) is 11.8 Å². The van der Waals surface area contributed by atoms with Gasteiger partial charge in [0.2, 0.25) is 18.2 Å². The molecule has 2 aliphatic rings. The molecule has 5 aromatic rings. The number of likely N-dealkylation sites (tertiary alicyclic amines) is 2. The highest BCUT2D eigenvalue weighted by atomic mass is 16.6. The first-order valence-corrected chi connectivity index (χ1v) is 20.0. The number of fused-ring (bicyclic) bond motifs is 1. The van der Waals surface area contributed by atoms with E-state index in [-0.39, 0.29) is 35.7 Å². The number of aliphatic hydroxyl groups is 1. The lowest BCUT2D eigenvalue weighted by molar-refractivity contribution is -0.145. The number of H-pyrrole nitrogens is 2. The molecule has 306 valence electrons. The zero-order valence-electron chi connectivity index (χ0n) is 33.9. The smallest absolute Gasteiger partial charge is 0.407 e. The summed E-state index contributed by atoms with van der Waals surface area (Å²) in [6.07, 6.45) is 6.85. The van der Waals surface area contributed by atoms with Crippen LogP contribution in [0.1, 0.15) is 77.1 Å². The maximum absolute atomic E-state index is 13.6. The SMILES string of the molecule is COC(=O)NC(C(=O)N1CCCC1c1ncc(-c2cnc3cc(-c4ccc(-c5cnc(C6CCCN6C(=O)C(NC(O)OC)C(C)C)[nH]5)cc4)ccc3c2)[nH]1)C(C)C. The van der Waals surface area contributed by atoms with E-state index in [1.807, 2.05) is 45.0 Å². The van der Waals surface area contributed by atoms with Gasteiger partial charge in [-0.05, 0) is 66.3 Å². The molecule has 0 bridgehead atoms. The molecule has 2 aliphatic heterocycles. The summed E-state index contributed by atoms with van der Waals surface area (Å²) in [5.41, 5.74) is 6.48. The number of hydrogen-bond acceptors (Lipinski definition) is 10. The van der Waals surface area contributed by atoms with E-state index < -0.39 is 24.6 Å². The van der Waals surface area contributed by atoms with E-state index >= 15 is 0 Å². The Bertz CT molecular complexity index is 2230. The minimum atomic E-state index is -1.23. The summed E-state index contributed by atoms with van der Waals surface area (Å²) in [4.78, 5) is 63.9. The second kappa shape index (κ2) is 17.5. The van der Waals surface area contributed by atoms with Crippen molar-refractivity contribution in [3.63, 3.8) is 0 Å². The minimum absolute atomic E-state index is 0.0471. The normalized spacial score (nSPS) is 18.6. The second-order valence-corrected chi connectivity index (χ2v) is 15.8. The van der Waals surface area contributed by atoms with Crippen LogP contribution in [0.3, 0.4) is 0 Å². The second-order valence-electron chi connectivity index (χ2n) is 15.8. The molecule has 7 rings (SSSR count). The molecule has 5 N–H and O–H groups in total. The molecule has 3 aromatic heterocycles. The van der Waals surface area contributed by atoms with E-state index in [2.05, 4.69) is 74.1 Å². The van der Waals surface area contributed by atoms with Crippen LogP contribution in [0.25, 0.3) is 44.5 Å². The lowest BCUT2D eigenvalue weighted by Gasteiger charge is -2.31. The molecule has 5 heterocycles. The number of methoxy groups -OCH3 is 2. The molecule has 2 saturated heterocycles. The predicted molar refractivity (Wildman–Crippen MR) is 219 cm³/mol. The van der Waals surface area contributed by atoms with Gasteiger partial charge in [0.1, 0.15) is 17.7 Å². The van der Waals surface area contributed by atoms with Gasteiger partial charge >= 0.3 is 6.09 Å². The van der Waals surface area contributed by atoms with E-state index in [4.69, 9.17) is 19.4 Å². The van der Waals surface area contributed by atoms with E-state index in [0.717, 1.165) is 76.1 Å². The zero-order valence-corrected chi connectivity index (χ0v) is 33.9. The number of amides is 3. The first kappa shape index (κ1) is 40.6. The monoisotopic (exact) mass is 791 g/mol. The van der Waals surface area contributed by atoms with Crippen molar-refractivity contribution in [3.05, 3.63) is 78.8 Å². The highest BCUT2D eigenvalue weighted by molar-refractivity contribution is 5.88. The average Bonchev–Trinajstić information content (AvgIpc) is 4.07. The third kappa shape index (κ3) is 8.47. The van der Waals surface area contributed by atoms with Crippen molar-refractivity contribution in [2.75, 3.05) is 27.3 Å². The first-order valence-electron chi connectivity index (χ1n) is 20.0. The predicted octanol–water partition coefficient (Wildman–Crippen LogP) is 5.93. The molecule has 58 heavy (non-hydrogen) atoms. The maximum Gasteiger partial charge on any atom is 0.407 e. The van der Waals surface area contributed by atoms with Gasteiger partial charge in [-0.1, -0.05) is 64.1 Å². The summed E-state index contributed by atoms with van der Waals surface area (Å²) in [6, 6.07) is 14.9. The molecule has 5 atom stereocenters. The van der Waals surface area contributed by atoms with Crippen LogP contribution in [0.15, 0.2) is 67.1 Å². The first-order chi connectivity index (χ1) is 27.9. The Hall–Kier alpha value is -5.64. The summed E-state index contributed by atoms with van der Waals surface area (Å²) in [5.74, 6) is 1.06. The van der Waals surface area contributed by atoms with Crippen LogP contribution < -0.4 is 10.6 Å². The van der Waals surface area contributed by atoms with Crippen LogP contribution in [0.5, 0.6) is 0 Å². The number of aliphatic hydroxyl groups excluding tert-OH is 1. The zero-order chi connectivity index (χ0) is 41.1. The fourth-order valence-corrected chi connectivity index (χ4v) is 8.05. The van der Waals surface area contributed by atoms with Gasteiger partial charge in [-0.2, -0.15) is 0 Å². The Kier molecular flexibility index (Phi) is 12.2. The Morgan fingerprint density at radius 2 is 1.28 bits per heavy atom. The van der Waals surface area contributed by atoms with Gasteiger partial charge in [0.05, 0.1) is 54.5 Å². The lowest BCUT2D eigenvalue weighted by atomic mass is 10.0. The van der Waals surface area contributed by atoms with Gasteiger partial charge in [-0.25, -0.2) is 14.8 Å². The number of rotatable bonds is 13. The highest BCUT2D eigenvalue weighted by Crippen LogP contribution is 2.35. The molecule has 0 aliphatic carbocycles. The largest absolute Gasteiger partial charge is 0.453 e. The maximum atomic E-state index is 13.6. The molecule has 3 amide bonds. The van der Waals surface area contributed by atoms with Crippen molar-refractivity contribution in [3.8, 4) is 33.6 Å². The van der Waals surface area contributed by atoms with Gasteiger partial charge < -0.3 is 39.7 Å². The quantitative estimate of drug-likeness (QED) is 0.0895. The standard InChI is InChI=1S/C43H53N9O6/c1-24(2)36(49-42(55)57-5)40(53)51-17-7-9-34(51)38-45-22-32(47-38)27-13-11-26(12-14-27)28-15-16-29-19-30(21-44-31(29)20-28)33-23-46-39(48-33)35-10-8-18-52(35)41(54)37(25(3)4)50-43(56)58-6/h11-16,19-25,34-37,42,49,55H,7-10,17-18H2,1-6H3,(H,45,47)(H,46,48)(H,50,56). The number of hydrogen-bond donors (Lipinski definition) is 5. The number of benzene rings is 2. The summed E-state index contributed by atoms with van der Waals surface area (Å²) in [5, 5.41) is 16.6. The fourth-order valence-electron chi connectivity index (χ4n) is 8.05. The number of imidazole rings is 2. The number of alkyl carbamates (subject to hydrolysis) is 1. The van der Waals surface area contributed by atoms with Crippen LogP contribution >= 0.6 is 0 Å². The van der Waals surface area contributed by atoms with Crippen LogP contribution in [0, 0.1) is 11.8 Å². The highest BCUT2D eigenvalue weighted by Gasteiger charge is 2.39. The molecule has 15 heteroatoms. The summed E-state index contributed by atoms with van der Waals surface area (Å²) >= 11 is 0. The summed E-state index contributed by atoms with van der Waals surface area (Å²) < 4.78 is 9.71. The number of pyridine rings is 1. The van der Waals surface area contributed by atoms with Crippen LogP contribution in [-0.4, -0.2) is 104 Å². The summed E-state index contributed by atoms with van der Waals surface area (Å²) in [7, 11) is 2.68. The van der Waals surface area contributed by atoms with Gasteiger partial charge in [-0.15, -0.1) is 0 Å². The molecule has 15 nitrogen and oxygen atoms in total. The number of carbonyl (C=O) groups is 3. The van der Waals surface area contributed by atoms with E-state index in [1.54, 1.807) is 11.1 Å². The Morgan fingerprint density at radius 1 is 0.724 bits per heavy atom. The third-order valence-electron chi connectivity index (χ3n) is 11.3. The van der Waals surface area contributed by atoms with Gasteiger partial charge in [0.15, 0.2) is 0 Å². The lowest BCUT2D eigenvalue weighted by Crippen LogP contribution is -2.52. The van der Waals surface area contributed by atoms with Crippen molar-refractivity contribution in [2.45, 2.75) is 84.0 Å². The molecule has 2 fully saturated rings. The number of carbonyl (C=O) groups excluding carboxylic acids is 3. The molecule has 5 unspecified atom stereocenters. The Balaban J connectivity index is 1.02. The molecular weight excluding hydrogens is 739 g/mol. The molecular formula is C43H53N9O6. The van der Waals surface area contributed by atoms with Crippen molar-refractivity contribution in [1.29, 1.82) is 0 Å². The van der Waals surface area contributed by atoms with E-state index in [9.17, 15) is 19.5 Å². The van der Waals surface area contributed by atoms with Crippen LogP contribution in [0.2, 0.25) is 0 Å². The number of nitrogens with one attached hydrogen (secondary N) is 4. The Labute approximate surface area is 338 Å². The van der Waals surface area contributed by atoms with Crippen molar-refractivity contribution < 1.29 is 29.0 Å². The summed E-state index contributed by atoms with van der Waals surface area (Å²) in [6.45, 7) is 8.88. The topological polar surface area (TPSA) is 191 Å². The van der Waals surface area contributed by atoms with Crippen molar-refractivity contribution >= 4 is 28.8 Å². The minimum Gasteiger partial charge on any atom is -0.453 e. The van der Waals surface area contributed by atoms with Gasteiger partial charge in [0, 0.05) is 37.3 Å². The number of aromatic amines is 2. The molecule has 0 spiro atoms. The Morgan fingerprint density at radius 3 is 1.84 bits per heavy atom. The number of ether oxygens (including phenoxy) is 2. The molecule has 0 saturated carbocycles. The van der Waals surface area contributed by atoms with Crippen molar-refractivity contribution in [1.82, 2.24) is 45.4 Å². The molecule has 0 radical (unpaired) electrons. The van der Waals surface area contributed by atoms with Crippen LogP contribution in [-0.2, 0) is 19.1 Å². The number of aromatic nitrogens is 5. The van der Waals surface area contributed by atoms with E-state index in [0.29, 0.717) is 18.9 Å². The number of nitrogens with zero attached hydrogens (tertiary/aromatic N) is 5. The average molecular weight is 792 g/mol. The molecule has 2 aromatic carbocycles.